The molecule has 6 nitrogen and oxygen atoms in total. The Kier molecular flexibility index (Phi) is 8.82. The van der Waals surface area contributed by atoms with Crippen LogP contribution in [0.1, 0.15) is 51.4 Å². The fourth-order valence-electron chi connectivity index (χ4n) is 2.76. The minimum Gasteiger partial charge on any atom is -0.480 e. The Hall–Kier alpha value is -1.30. The van der Waals surface area contributed by atoms with Gasteiger partial charge in [-0.3, -0.25) is 0 Å². The highest BCUT2D eigenvalue weighted by Crippen LogP contribution is 2.25. The van der Waals surface area contributed by atoms with Crippen molar-refractivity contribution in [1.82, 2.24) is 10.6 Å². The number of amides is 2. The van der Waals surface area contributed by atoms with Gasteiger partial charge in [-0.05, 0) is 25.2 Å². The topological polar surface area (TPSA) is 87.7 Å². The summed E-state index contributed by atoms with van der Waals surface area (Å²) in [6, 6.07) is -1.24. The number of nitrogens with one attached hydrogen (secondary N) is 2. The third-order valence-corrected chi connectivity index (χ3v) is 4.01. The lowest BCUT2D eigenvalue weighted by Crippen LogP contribution is -2.46. The standard InChI is InChI=1S/C15H28N2O4/c1-21-11-5-8-13(14(18)19)17-15(20)16-10-9-12-6-3-2-4-7-12/h12-13H,2-11H2,1H3,(H,18,19)(H2,16,17,20). The van der Waals surface area contributed by atoms with Crippen LogP contribution in [-0.2, 0) is 9.53 Å². The lowest BCUT2D eigenvalue weighted by atomic mass is 9.87. The minimum atomic E-state index is -1.01. The van der Waals surface area contributed by atoms with E-state index in [1.165, 1.54) is 32.1 Å². The Morgan fingerprint density at radius 3 is 2.62 bits per heavy atom. The van der Waals surface area contributed by atoms with E-state index in [1.54, 1.807) is 7.11 Å². The molecular weight excluding hydrogens is 272 g/mol. The van der Waals surface area contributed by atoms with Gasteiger partial charge in [0.05, 0.1) is 0 Å². The number of rotatable bonds is 9. The van der Waals surface area contributed by atoms with Crippen molar-refractivity contribution >= 4 is 12.0 Å². The first kappa shape index (κ1) is 17.8. The van der Waals surface area contributed by atoms with Gasteiger partial charge in [0.1, 0.15) is 6.04 Å². The van der Waals surface area contributed by atoms with Gasteiger partial charge in [-0.2, -0.15) is 0 Å². The van der Waals surface area contributed by atoms with Gasteiger partial charge in [0.15, 0.2) is 0 Å². The summed E-state index contributed by atoms with van der Waals surface area (Å²) >= 11 is 0. The zero-order valence-corrected chi connectivity index (χ0v) is 12.9. The molecule has 0 aromatic heterocycles. The van der Waals surface area contributed by atoms with Crippen molar-refractivity contribution in [2.45, 2.75) is 57.4 Å². The fraction of sp³-hybridized carbons (Fsp3) is 0.867. The minimum absolute atomic E-state index is 0.374. The molecule has 0 aromatic rings. The summed E-state index contributed by atoms with van der Waals surface area (Å²) in [6.07, 6.45) is 8.36. The maximum absolute atomic E-state index is 11.7. The van der Waals surface area contributed by atoms with E-state index in [-0.39, 0.29) is 0 Å². The summed E-state index contributed by atoms with van der Waals surface area (Å²) in [4.78, 5) is 22.8. The van der Waals surface area contributed by atoms with E-state index in [9.17, 15) is 9.59 Å². The average Bonchev–Trinajstić information content (AvgIpc) is 2.47. The Bertz CT molecular complexity index is 317. The van der Waals surface area contributed by atoms with Gasteiger partial charge in [0, 0.05) is 20.3 Å². The summed E-state index contributed by atoms with van der Waals surface area (Å²) in [5.41, 5.74) is 0. The molecule has 122 valence electrons. The number of ether oxygens (including phenoxy) is 1. The van der Waals surface area contributed by atoms with Gasteiger partial charge in [-0.25, -0.2) is 9.59 Å². The zero-order chi connectivity index (χ0) is 15.5. The number of methoxy groups -OCH3 is 1. The molecule has 0 radical (unpaired) electrons. The molecule has 1 fully saturated rings. The number of carbonyl (C=O) groups is 2. The van der Waals surface area contributed by atoms with Crippen molar-refractivity contribution in [2.24, 2.45) is 5.92 Å². The van der Waals surface area contributed by atoms with Crippen molar-refractivity contribution in [3.8, 4) is 0 Å². The smallest absolute Gasteiger partial charge is 0.326 e. The van der Waals surface area contributed by atoms with Crippen LogP contribution in [0.3, 0.4) is 0 Å². The maximum Gasteiger partial charge on any atom is 0.326 e. The summed E-state index contributed by atoms with van der Waals surface area (Å²) < 4.78 is 4.89. The lowest BCUT2D eigenvalue weighted by Gasteiger charge is -2.21. The van der Waals surface area contributed by atoms with Gasteiger partial charge in [-0.15, -0.1) is 0 Å². The fourth-order valence-corrected chi connectivity index (χ4v) is 2.76. The molecule has 0 saturated heterocycles. The Balaban J connectivity index is 2.18. The summed E-state index contributed by atoms with van der Waals surface area (Å²) in [5, 5.41) is 14.3. The van der Waals surface area contributed by atoms with Gasteiger partial charge in [-0.1, -0.05) is 32.1 Å². The van der Waals surface area contributed by atoms with E-state index < -0.39 is 18.0 Å². The van der Waals surface area contributed by atoms with E-state index in [0.717, 1.165) is 6.42 Å². The molecule has 2 amide bonds. The molecule has 0 aliphatic heterocycles. The number of hydrogen-bond acceptors (Lipinski definition) is 3. The molecule has 1 aliphatic rings. The van der Waals surface area contributed by atoms with E-state index in [0.29, 0.717) is 31.9 Å². The van der Waals surface area contributed by atoms with Gasteiger partial charge in [0.2, 0.25) is 0 Å². The molecule has 6 heteroatoms. The zero-order valence-electron chi connectivity index (χ0n) is 12.9. The van der Waals surface area contributed by atoms with Crippen molar-refractivity contribution in [1.29, 1.82) is 0 Å². The molecule has 1 aliphatic carbocycles. The number of carboxylic acids is 1. The second-order valence-corrected chi connectivity index (χ2v) is 5.72. The number of aliphatic carboxylic acids is 1. The molecule has 1 atom stereocenters. The average molecular weight is 300 g/mol. The maximum atomic E-state index is 11.7. The molecule has 0 spiro atoms. The number of carboxylic acid groups (broad SMARTS) is 1. The normalized spacial score (nSPS) is 17.2. The predicted molar refractivity (Wildman–Crippen MR) is 80.3 cm³/mol. The van der Waals surface area contributed by atoms with Gasteiger partial charge in [0.25, 0.3) is 0 Å². The van der Waals surface area contributed by atoms with Crippen LogP contribution in [0.2, 0.25) is 0 Å². The van der Waals surface area contributed by atoms with Crippen LogP contribution < -0.4 is 10.6 Å². The van der Waals surface area contributed by atoms with E-state index in [1.807, 2.05) is 0 Å². The second-order valence-electron chi connectivity index (χ2n) is 5.72. The van der Waals surface area contributed by atoms with Crippen LogP contribution in [0.4, 0.5) is 4.79 Å². The monoisotopic (exact) mass is 300 g/mol. The molecule has 0 bridgehead atoms. The van der Waals surface area contributed by atoms with Crippen LogP contribution in [0.5, 0.6) is 0 Å². The largest absolute Gasteiger partial charge is 0.480 e. The summed E-state index contributed by atoms with van der Waals surface area (Å²) in [5.74, 6) is -0.301. The van der Waals surface area contributed by atoms with E-state index >= 15 is 0 Å². The predicted octanol–water partition coefficient (Wildman–Crippen LogP) is 2.14. The molecule has 0 heterocycles. The number of hydrogen-bond donors (Lipinski definition) is 3. The molecule has 0 aromatic carbocycles. The second kappa shape index (κ2) is 10.4. The van der Waals surface area contributed by atoms with Gasteiger partial charge < -0.3 is 20.5 Å². The Morgan fingerprint density at radius 2 is 2.00 bits per heavy atom. The first-order valence-corrected chi connectivity index (χ1v) is 7.89. The molecular formula is C15H28N2O4. The van der Waals surface area contributed by atoms with Crippen LogP contribution in [0.25, 0.3) is 0 Å². The highest BCUT2D eigenvalue weighted by molar-refractivity contribution is 5.82. The summed E-state index contributed by atoms with van der Waals surface area (Å²) in [6.45, 7) is 1.11. The molecule has 1 unspecified atom stereocenters. The third-order valence-electron chi connectivity index (χ3n) is 4.01. The van der Waals surface area contributed by atoms with Crippen LogP contribution in [0.15, 0.2) is 0 Å². The van der Waals surface area contributed by atoms with Gasteiger partial charge >= 0.3 is 12.0 Å². The Morgan fingerprint density at radius 1 is 1.29 bits per heavy atom. The number of urea groups is 1. The molecule has 21 heavy (non-hydrogen) atoms. The molecule has 1 saturated carbocycles. The highest BCUT2D eigenvalue weighted by Gasteiger charge is 2.19. The molecule has 3 N–H and O–H groups in total. The quantitative estimate of drug-likeness (QED) is 0.569. The van der Waals surface area contributed by atoms with Crippen molar-refractivity contribution in [3.63, 3.8) is 0 Å². The third kappa shape index (κ3) is 7.90. The first-order chi connectivity index (χ1) is 10.1. The first-order valence-electron chi connectivity index (χ1n) is 7.89. The Labute approximate surface area is 126 Å². The van der Waals surface area contributed by atoms with Crippen molar-refractivity contribution < 1.29 is 19.4 Å². The molecule has 1 rings (SSSR count). The summed E-state index contributed by atoms with van der Waals surface area (Å²) in [7, 11) is 1.57. The van der Waals surface area contributed by atoms with Crippen molar-refractivity contribution in [3.05, 3.63) is 0 Å². The van der Waals surface area contributed by atoms with Crippen LogP contribution >= 0.6 is 0 Å². The van der Waals surface area contributed by atoms with E-state index in [2.05, 4.69) is 10.6 Å². The van der Waals surface area contributed by atoms with Crippen LogP contribution in [0, 0.1) is 5.92 Å². The number of carbonyl (C=O) groups excluding carboxylic acids is 1. The van der Waals surface area contributed by atoms with Crippen molar-refractivity contribution in [2.75, 3.05) is 20.3 Å². The SMILES string of the molecule is COCCCC(NC(=O)NCCC1CCCCC1)C(=O)O. The highest BCUT2D eigenvalue weighted by atomic mass is 16.5. The van der Waals surface area contributed by atoms with Crippen LogP contribution in [-0.4, -0.2) is 43.4 Å². The lowest BCUT2D eigenvalue weighted by molar-refractivity contribution is -0.139. The van der Waals surface area contributed by atoms with E-state index in [4.69, 9.17) is 9.84 Å².